The maximum atomic E-state index is 11.0. The molecule has 0 heterocycles. The minimum atomic E-state index is -0.464. The molecule has 98 valence electrons. The minimum absolute atomic E-state index is 0.464. The van der Waals surface area contributed by atoms with Gasteiger partial charge in [-0.2, -0.15) is 0 Å². The van der Waals surface area contributed by atoms with E-state index in [9.17, 15) is 5.11 Å². The van der Waals surface area contributed by atoms with Crippen molar-refractivity contribution in [1.29, 1.82) is 0 Å². The summed E-state index contributed by atoms with van der Waals surface area (Å²) in [5.41, 5.74) is 0.907. The van der Waals surface area contributed by atoms with Crippen LogP contribution in [-0.4, -0.2) is 10.7 Å². The summed E-state index contributed by atoms with van der Waals surface area (Å²) in [6, 6.07) is 0. The van der Waals surface area contributed by atoms with Crippen molar-refractivity contribution >= 4 is 0 Å². The van der Waals surface area contributed by atoms with Crippen LogP contribution in [0.4, 0.5) is 0 Å². The lowest BCUT2D eigenvalue weighted by Gasteiger charge is -2.41. The van der Waals surface area contributed by atoms with Crippen LogP contribution in [0.25, 0.3) is 0 Å². The Balaban J connectivity index is 2.11. The zero-order chi connectivity index (χ0) is 12.3. The van der Waals surface area contributed by atoms with Gasteiger partial charge in [0.1, 0.15) is 0 Å². The molecule has 1 N–H and O–H groups in total. The molecule has 2 unspecified atom stereocenters. The molecule has 1 nitrogen and oxygen atoms in total. The summed E-state index contributed by atoms with van der Waals surface area (Å²) in [5.74, 6) is 1.35. The fourth-order valence-electron chi connectivity index (χ4n) is 3.97. The zero-order valence-electron chi connectivity index (χ0n) is 11.5. The summed E-state index contributed by atoms with van der Waals surface area (Å²) in [4.78, 5) is 0. The monoisotopic (exact) mass is 236 g/mol. The van der Waals surface area contributed by atoms with Crippen LogP contribution in [0.1, 0.15) is 71.6 Å². The number of allylic oxidation sites excluding steroid dienone is 1. The van der Waals surface area contributed by atoms with Crippen LogP contribution in [0.3, 0.4) is 0 Å². The zero-order valence-corrected chi connectivity index (χ0v) is 11.5. The van der Waals surface area contributed by atoms with E-state index in [1.165, 1.54) is 44.1 Å². The Labute approximate surface area is 106 Å². The predicted molar refractivity (Wildman–Crippen MR) is 72.9 cm³/mol. The molecule has 0 amide bonds. The standard InChI is InChI=1S/C16H28O/c1-13-10-14(2)12-16(17,11-13)15-8-6-4-3-5-7-9-15/h8,13-14,17H,3-7,9-12H2,1-2H3. The maximum absolute atomic E-state index is 11.0. The van der Waals surface area contributed by atoms with E-state index in [2.05, 4.69) is 19.9 Å². The molecule has 0 spiro atoms. The van der Waals surface area contributed by atoms with Gasteiger partial charge >= 0.3 is 0 Å². The molecule has 0 aromatic rings. The van der Waals surface area contributed by atoms with E-state index in [1.54, 1.807) is 0 Å². The van der Waals surface area contributed by atoms with Crippen molar-refractivity contribution in [3.63, 3.8) is 0 Å². The second kappa shape index (κ2) is 5.56. The maximum Gasteiger partial charge on any atom is 0.0861 e. The molecule has 2 aliphatic carbocycles. The van der Waals surface area contributed by atoms with Gasteiger partial charge in [-0.25, -0.2) is 0 Å². The fourth-order valence-corrected chi connectivity index (χ4v) is 3.97. The molecule has 0 aromatic heterocycles. The van der Waals surface area contributed by atoms with Gasteiger partial charge in [-0.15, -0.1) is 0 Å². The number of hydrogen-bond acceptors (Lipinski definition) is 1. The van der Waals surface area contributed by atoms with Crippen molar-refractivity contribution in [2.24, 2.45) is 11.8 Å². The number of rotatable bonds is 1. The quantitative estimate of drug-likeness (QED) is 0.667. The number of hydrogen-bond donors (Lipinski definition) is 1. The minimum Gasteiger partial charge on any atom is -0.385 e. The van der Waals surface area contributed by atoms with E-state index in [4.69, 9.17) is 0 Å². The molecule has 2 aliphatic rings. The topological polar surface area (TPSA) is 20.2 Å². The van der Waals surface area contributed by atoms with Gasteiger partial charge in [0.15, 0.2) is 0 Å². The Kier molecular flexibility index (Phi) is 4.30. The smallest absolute Gasteiger partial charge is 0.0861 e. The van der Waals surface area contributed by atoms with Crippen LogP contribution in [0.5, 0.6) is 0 Å². The summed E-state index contributed by atoms with van der Waals surface area (Å²) >= 11 is 0. The molecule has 0 aromatic carbocycles. The fraction of sp³-hybridized carbons (Fsp3) is 0.875. The Bertz CT molecular complexity index is 269. The molecule has 1 heteroatoms. The van der Waals surface area contributed by atoms with E-state index in [1.807, 2.05) is 0 Å². The third-order valence-electron chi connectivity index (χ3n) is 4.57. The summed E-state index contributed by atoms with van der Waals surface area (Å²) in [6.45, 7) is 4.59. The van der Waals surface area contributed by atoms with Crippen LogP contribution in [-0.2, 0) is 0 Å². The molecule has 0 aliphatic heterocycles. The normalized spacial score (nSPS) is 40.3. The molecule has 0 bridgehead atoms. The average molecular weight is 236 g/mol. The van der Waals surface area contributed by atoms with E-state index in [0.717, 1.165) is 19.3 Å². The van der Waals surface area contributed by atoms with Crippen molar-refractivity contribution in [1.82, 2.24) is 0 Å². The van der Waals surface area contributed by atoms with Crippen molar-refractivity contribution in [3.05, 3.63) is 11.6 Å². The third-order valence-corrected chi connectivity index (χ3v) is 4.57. The molecule has 0 saturated heterocycles. The van der Waals surface area contributed by atoms with Crippen LogP contribution in [0.2, 0.25) is 0 Å². The summed E-state index contributed by atoms with van der Waals surface area (Å²) in [7, 11) is 0. The first-order valence-electron chi connectivity index (χ1n) is 7.52. The van der Waals surface area contributed by atoms with Crippen molar-refractivity contribution < 1.29 is 5.11 Å². The first kappa shape index (κ1) is 13.1. The summed E-state index contributed by atoms with van der Waals surface area (Å²) in [6.07, 6.45) is 13.2. The average Bonchev–Trinajstić information content (AvgIpc) is 2.12. The SMILES string of the molecule is CC1CC(C)CC(O)(C2=CCCCCCC2)C1. The van der Waals surface area contributed by atoms with Gasteiger partial charge in [0.05, 0.1) is 5.60 Å². The summed E-state index contributed by atoms with van der Waals surface area (Å²) < 4.78 is 0. The Hall–Kier alpha value is -0.300. The molecule has 1 saturated carbocycles. The van der Waals surface area contributed by atoms with E-state index in [0.29, 0.717) is 11.8 Å². The van der Waals surface area contributed by atoms with Gasteiger partial charge < -0.3 is 5.11 Å². The highest BCUT2D eigenvalue weighted by Gasteiger charge is 2.38. The second-order valence-corrected chi connectivity index (χ2v) is 6.57. The van der Waals surface area contributed by atoms with E-state index in [-0.39, 0.29) is 0 Å². The van der Waals surface area contributed by atoms with E-state index >= 15 is 0 Å². The Morgan fingerprint density at radius 1 is 1.06 bits per heavy atom. The van der Waals surface area contributed by atoms with Crippen molar-refractivity contribution in [2.75, 3.05) is 0 Å². The van der Waals surface area contributed by atoms with E-state index < -0.39 is 5.60 Å². The van der Waals surface area contributed by atoms with Gasteiger partial charge in [-0.3, -0.25) is 0 Å². The van der Waals surface area contributed by atoms with Gasteiger partial charge in [0.25, 0.3) is 0 Å². The lowest BCUT2D eigenvalue weighted by molar-refractivity contribution is -0.00256. The Morgan fingerprint density at radius 2 is 1.71 bits per heavy atom. The van der Waals surface area contributed by atoms with Crippen LogP contribution in [0, 0.1) is 11.8 Å². The third kappa shape index (κ3) is 3.34. The molecule has 2 atom stereocenters. The predicted octanol–water partition coefficient (Wildman–Crippen LogP) is 4.45. The van der Waals surface area contributed by atoms with Gasteiger partial charge in [0, 0.05) is 0 Å². The van der Waals surface area contributed by atoms with Gasteiger partial charge in [-0.1, -0.05) is 32.8 Å². The lowest BCUT2D eigenvalue weighted by atomic mass is 9.69. The Morgan fingerprint density at radius 3 is 2.41 bits per heavy atom. The van der Waals surface area contributed by atoms with Gasteiger partial charge in [-0.05, 0) is 62.4 Å². The first-order valence-corrected chi connectivity index (χ1v) is 7.52. The highest BCUT2D eigenvalue weighted by Crippen LogP contribution is 2.42. The second-order valence-electron chi connectivity index (χ2n) is 6.57. The highest BCUT2D eigenvalue weighted by molar-refractivity contribution is 5.19. The van der Waals surface area contributed by atoms with Crippen molar-refractivity contribution in [2.45, 2.75) is 77.2 Å². The largest absolute Gasteiger partial charge is 0.385 e. The van der Waals surface area contributed by atoms with Gasteiger partial charge in [0.2, 0.25) is 0 Å². The molecular formula is C16H28O. The lowest BCUT2D eigenvalue weighted by Crippen LogP contribution is -2.39. The van der Waals surface area contributed by atoms with Crippen LogP contribution in [0.15, 0.2) is 11.6 Å². The molecule has 1 fully saturated rings. The molecule has 2 rings (SSSR count). The number of aliphatic hydroxyl groups is 1. The van der Waals surface area contributed by atoms with Crippen LogP contribution >= 0.6 is 0 Å². The highest BCUT2D eigenvalue weighted by atomic mass is 16.3. The summed E-state index contributed by atoms with van der Waals surface area (Å²) in [5, 5.41) is 11.0. The molecule has 0 radical (unpaired) electrons. The first-order chi connectivity index (χ1) is 8.10. The molecular weight excluding hydrogens is 208 g/mol. The molecule has 17 heavy (non-hydrogen) atoms. The van der Waals surface area contributed by atoms with Crippen molar-refractivity contribution in [3.8, 4) is 0 Å². The van der Waals surface area contributed by atoms with Crippen LogP contribution < -0.4 is 0 Å².